The smallest absolute Gasteiger partial charge is 0.241 e. The molecule has 0 spiro atoms. The molecule has 0 bridgehead atoms. The maximum atomic E-state index is 9.88. The van der Waals surface area contributed by atoms with E-state index in [-0.39, 0.29) is 12.1 Å². The van der Waals surface area contributed by atoms with Crippen molar-refractivity contribution >= 4 is 23.3 Å². The molecule has 7 nitrogen and oxygen atoms in total. The first-order valence-electron chi connectivity index (χ1n) is 9.68. The molecule has 0 unspecified atom stereocenters. The van der Waals surface area contributed by atoms with E-state index >= 15 is 0 Å². The number of anilines is 1. The number of aromatic nitrogens is 3. The third kappa shape index (κ3) is 3.75. The van der Waals surface area contributed by atoms with Crippen molar-refractivity contribution in [2.45, 2.75) is 50.7 Å². The minimum atomic E-state index is -0.168. The lowest BCUT2D eigenvalue weighted by atomic mass is 9.85. The molecule has 2 aromatic rings. The Labute approximate surface area is 159 Å². The molecule has 0 amide bonds. The number of fused-ring (bicyclic) bond motifs is 1. The number of aliphatic imine (C=N–C) groups is 1. The van der Waals surface area contributed by atoms with E-state index in [1.165, 1.54) is 5.69 Å². The second kappa shape index (κ2) is 7.78. The van der Waals surface area contributed by atoms with E-state index in [2.05, 4.69) is 27.4 Å². The molecular formula is C20H27N5O2. The fourth-order valence-corrected chi connectivity index (χ4v) is 4.02. The topological polar surface area (TPSA) is 84.0 Å². The maximum Gasteiger partial charge on any atom is 0.241 e. The summed E-state index contributed by atoms with van der Waals surface area (Å²) in [5.74, 6) is 0.994. The SMILES string of the molecule is COC[C@H](C)Nc1ncc2c(C3=CCN=C3)cc(C3CCC(O)CC3)n2n1. The Balaban J connectivity index is 1.73. The zero-order valence-electron chi connectivity index (χ0n) is 15.9. The molecule has 7 heteroatoms. The Kier molecular flexibility index (Phi) is 5.22. The molecule has 3 heterocycles. The zero-order valence-corrected chi connectivity index (χ0v) is 15.9. The van der Waals surface area contributed by atoms with Crippen LogP contribution in [0.5, 0.6) is 0 Å². The number of allylic oxidation sites excluding steroid dienone is 1. The highest BCUT2D eigenvalue weighted by Gasteiger charge is 2.26. The Bertz CT molecular complexity index is 865. The molecule has 2 aliphatic rings. The number of ether oxygens (including phenoxy) is 1. The lowest BCUT2D eigenvalue weighted by Gasteiger charge is -2.25. The van der Waals surface area contributed by atoms with Crippen LogP contribution in [0.2, 0.25) is 0 Å². The van der Waals surface area contributed by atoms with Gasteiger partial charge in [0, 0.05) is 36.5 Å². The number of rotatable bonds is 6. The van der Waals surface area contributed by atoms with Crippen molar-refractivity contribution < 1.29 is 9.84 Å². The summed E-state index contributed by atoms with van der Waals surface area (Å²) >= 11 is 0. The van der Waals surface area contributed by atoms with E-state index in [0.29, 0.717) is 18.5 Å². The molecule has 27 heavy (non-hydrogen) atoms. The third-order valence-corrected chi connectivity index (χ3v) is 5.41. The van der Waals surface area contributed by atoms with Crippen LogP contribution in [0.3, 0.4) is 0 Å². The number of hydrogen-bond donors (Lipinski definition) is 2. The highest BCUT2D eigenvalue weighted by atomic mass is 16.5. The summed E-state index contributed by atoms with van der Waals surface area (Å²) in [6, 6.07) is 2.36. The first-order chi connectivity index (χ1) is 13.2. The Hall–Kier alpha value is -2.25. The van der Waals surface area contributed by atoms with Crippen molar-refractivity contribution in [3.63, 3.8) is 0 Å². The van der Waals surface area contributed by atoms with Gasteiger partial charge < -0.3 is 15.2 Å². The van der Waals surface area contributed by atoms with Gasteiger partial charge in [0.2, 0.25) is 5.95 Å². The fraction of sp³-hybridized carbons (Fsp3) is 0.550. The van der Waals surface area contributed by atoms with Crippen molar-refractivity contribution in [2.75, 3.05) is 25.6 Å². The predicted molar refractivity (Wildman–Crippen MR) is 106 cm³/mol. The lowest BCUT2D eigenvalue weighted by molar-refractivity contribution is 0.121. The predicted octanol–water partition coefficient (Wildman–Crippen LogP) is 2.66. The van der Waals surface area contributed by atoms with Crippen LogP contribution in [-0.2, 0) is 4.74 Å². The Morgan fingerprint density at radius 1 is 1.33 bits per heavy atom. The number of aliphatic hydroxyl groups is 1. The minimum Gasteiger partial charge on any atom is -0.393 e. The molecule has 2 N–H and O–H groups in total. The van der Waals surface area contributed by atoms with Crippen LogP contribution in [-0.4, -0.2) is 58.3 Å². The molecule has 1 aliphatic heterocycles. The first-order valence-corrected chi connectivity index (χ1v) is 9.68. The van der Waals surface area contributed by atoms with Crippen LogP contribution in [0.15, 0.2) is 23.3 Å². The monoisotopic (exact) mass is 369 g/mol. The van der Waals surface area contributed by atoms with E-state index in [4.69, 9.17) is 9.84 Å². The summed E-state index contributed by atoms with van der Waals surface area (Å²) in [4.78, 5) is 8.85. The second-order valence-corrected chi connectivity index (χ2v) is 7.52. The van der Waals surface area contributed by atoms with E-state index in [9.17, 15) is 5.11 Å². The first kappa shape index (κ1) is 18.1. The van der Waals surface area contributed by atoms with Crippen molar-refractivity contribution in [1.29, 1.82) is 0 Å². The zero-order chi connectivity index (χ0) is 18.8. The van der Waals surface area contributed by atoms with Crippen LogP contribution in [0.25, 0.3) is 11.1 Å². The van der Waals surface area contributed by atoms with Gasteiger partial charge in [-0.2, -0.15) is 0 Å². The molecule has 2 aromatic heterocycles. The van der Waals surface area contributed by atoms with Gasteiger partial charge in [-0.3, -0.25) is 4.99 Å². The minimum absolute atomic E-state index is 0.125. The highest BCUT2D eigenvalue weighted by Crippen LogP contribution is 2.36. The van der Waals surface area contributed by atoms with Gasteiger partial charge in [0.1, 0.15) is 0 Å². The van der Waals surface area contributed by atoms with Crippen LogP contribution in [0.4, 0.5) is 5.95 Å². The number of hydrogen-bond acceptors (Lipinski definition) is 6. The van der Waals surface area contributed by atoms with Crippen LogP contribution in [0, 0.1) is 0 Å². The molecule has 1 atom stereocenters. The van der Waals surface area contributed by atoms with Gasteiger partial charge in [-0.25, -0.2) is 9.50 Å². The van der Waals surface area contributed by atoms with Gasteiger partial charge in [0.15, 0.2) is 0 Å². The van der Waals surface area contributed by atoms with E-state index in [1.807, 2.05) is 23.9 Å². The molecular weight excluding hydrogens is 342 g/mol. The molecule has 0 aromatic carbocycles. The van der Waals surface area contributed by atoms with Crippen LogP contribution >= 0.6 is 0 Å². The van der Waals surface area contributed by atoms with Crippen molar-refractivity contribution in [2.24, 2.45) is 4.99 Å². The molecule has 0 saturated heterocycles. The summed E-state index contributed by atoms with van der Waals surface area (Å²) in [6.45, 7) is 3.36. The molecule has 0 radical (unpaired) electrons. The van der Waals surface area contributed by atoms with Gasteiger partial charge in [-0.05, 0) is 44.2 Å². The average Bonchev–Trinajstić information content (AvgIpc) is 3.30. The molecule has 1 aliphatic carbocycles. The molecule has 1 saturated carbocycles. The summed E-state index contributed by atoms with van der Waals surface area (Å²) in [6.07, 6.45) is 9.43. The fourth-order valence-electron chi connectivity index (χ4n) is 4.02. The van der Waals surface area contributed by atoms with Crippen molar-refractivity contribution in [1.82, 2.24) is 14.6 Å². The van der Waals surface area contributed by atoms with Gasteiger partial charge in [0.25, 0.3) is 0 Å². The van der Waals surface area contributed by atoms with Gasteiger partial charge in [0.05, 0.1) is 31.0 Å². The molecule has 144 valence electrons. The summed E-state index contributed by atoms with van der Waals surface area (Å²) in [7, 11) is 1.69. The van der Waals surface area contributed by atoms with Crippen LogP contribution < -0.4 is 5.32 Å². The standard InChI is InChI=1S/C20H27N5O2/c1-13(12-27-2)23-20-22-11-19-17(15-7-8-21-10-15)9-18(25(19)24-20)14-3-5-16(26)6-4-14/h7,9-11,13-14,16,26H,3-6,8,12H2,1-2H3,(H,23,24)/t13-,14?,16?/m0/s1. The normalized spacial score (nSPS) is 23.6. The molecule has 1 fully saturated rings. The largest absolute Gasteiger partial charge is 0.393 e. The van der Waals surface area contributed by atoms with Gasteiger partial charge in [-0.1, -0.05) is 6.08 Å². The summed E-state index contributed by atoms with van der Waals surface area (Å²) < 4.78 is 7.22. The average molecular weight is 369 g/mol. The Morgan fingerprint density at radius 2 is 2.15 bits per heavy atom. The van der Waals surface area contributed by atoms with Gasteiger partial charge in [-0.15, -0.1) is 5.10 Å². The van der Waals surface area contributed by atoms with Crippen LogP contribution in [0.1, 0.15) is 49.8 Å². The number of methoxy groups -OCH3 is 1. The van der Waals surface area contributed by atoms with E-state index < -0.39 is 0 Å². The molecule has 4 rings (SSSR count). The van der Waals surface area contributed by atoms with Gasteiger partial charge >= 0.3 is 0 Å². The maximum absolute atomic E-state index is 9.88. The number of aliphatic hydroxyl groups excluding tert-OH is 1. The number of nitrogens with zero attached hydrogens (tertiary/aromatic N) is 4. The second-order valence-electron chi connectivity index (χ2n) is 7.52. The van der Waals surface area contributed by atoms with Crippen molar-refractivity contribution in [3.8, 4) is 0 Å². The third-order valence-electron chi connectivity index (χ3n) is 5.41. The highest BCUT2D eigenvalue weighted by molar-refractivity contribution is 6.14. The lowest BCUT2D eigenvalue weighted by Crippen LogP contribution is -2.23. The van der Waals surface area contributed by atoms with E-state index in [0.717, 1.165) is 48.9 Å². The Morgan fingerprint density at radius 3 is 2.85 bits per heavy atom. The quantitative estimate of drug-likeness (QED) is 0.818. The summed E-state index contributed by atoms with van der Waals surface area (Å²) in [5.41, 5.74) is 4.46. The van der Waals surface area contributed by atoms with Crippen molar-refractivity contribution in [3.05, 3.63) is 29.6 Å². The van der Waals surface area contributed by atoms with E-state index in [1.54, 1.807) is 7.11 Å². The number of nitrogens with one attached hydrogen (secondary N) is 1. The summed E-state index contributed by atoms with van der Waals surface area (Å²) in [5, 5.41) is 18.0.